The Morgan fingerprint density at radius 3 is 2.22 bits per heavy atom. The van der Waals surface area contributed by atoms with E-state index in [0.29, 0.717) is 22.9 Å². The quantitative estimate of drug-likeness (QED) is 0.232. The standard InChI is InChI=1S/C31H26N4O4S2/c1-19-33-34-28(38-19)23-18-41-30-25(32-24(36)17-20-11-5-2-6-12-20)29(37)35(30)26(23)31(40)39-27(21-13-7-3-8-14-21)22-15-9-4-10-16-22/h2-16,25,27,30H,17-18H2,1H3,(H,32,36)/t25-,30-/m1/s1. The molecule has 3 aromatic carbocycles. The van der Waals surface area contributed by atoms with Crippen molar-refractivity contribution in [3.05, 3.63) is 125 Å². The molecule has 0 bridgehead atoms. The number of thiocarbonyl (C=S) groups is 1. The molecule has 8 nitrogen and oxygen atoms in total. The second kappa shape index (κ2) is 11.7. The number of carbonyl (C=O) groups excluding carboxylic acids is 2. The molecular formula is C31H26N4O4S2. The molecule has 0 unspecified atom stereocenters. The first-order chi connectivity index (χ1) is 20.0. The van der Waals surface area contributed by atoms with Gasteiger partial charge in [0.2, 0.25) is 22.7 Å². The van der Waals surface area contributed by atoms with E-state index in [9.17, 15) is 9.59 Å². The lowest BCUT2D eigenvalue weighted by molar-refractivity contribution is -0.145. The summed E-state index contributed by atoms with van der Waals surface area (Å²) < 4.78 is 12.3. The van der Waals surface area contributed by atoms with Crippen molar-refractivity contribution in [3.63, 3.8) is 0 Å². The number of aromatic nitrogens is 2. The van der Waals surface area contributed by atoms with E-state index in [1.54, 1.807) is 11.8 Å². The molecule has 0 aliphatic carbocycles. The SMILES string of the molecule is Cc1nnc(C2=C(C(=S)OC(c3ccccc3)c3ccccc3)N3C(=O)[C@@H](NC(=O)Cc4ccccc4)[C@H]3SC2)o1. The number of amides is 2. The number of hydrogen-bond donors (Lipinski definition) is 1. The molecule has 0 spiro atoms. The van der Waals surface area contributed by atoms with Gasteiger partial charge in [-0.25, -0.2) is 0 Å². The van der Waals surface area contributed by atoms with Crippen molar-refractivity contribution in [1.29, 1.82) is 0 Å². The van der Waals surface area contributed by atoms with E-state index in [1.165, 1.54) is 11.8 Å². The highest BCUT2D eigenvalue weighted by Gasteiger charge is 2.54. The average Bonchev–Trinajstić information content (AvgIpc) is 3.45. The molecule has 1 fully saturated rings. The summed E-state index contributed by atoms with van der Waals surface area (Å²) in [6.45, 7) is 1.71. The number of nitrogens with one attached hydrogen (secondary N) is 1. The predicted octanol–water partition coefficient (Wildman–Crippen LogP) is 4.87. The monoisotopic (exact) mass is 582 g/mol. The molecule has 3 heterocycles. The summed E-state index contributed by atoms with van der Waals surface area (Å²) in [4.78, 5) is 28.0. The van der Waals surface area contributed by atoms with Gasteiger partial charge in [-0.1, -0.05) is 91.0 Å². The third kappa shape index (κ3) is 5.53. The number of rotatable bonds is 8. The molecule has 0 saturated carbocycles. The molecule has 4 aromatic rings. The fourth-order valence-electron chi connectivity index (χ4n) is 4.94. The third-order valence-corrected chi connectivity index (χ3v) is 8.47. The lowest BCUT2D eigenvalue weighted by Crippen LogP contribution is -2.70. The molecule has 1 N–H and O–H groups in total. The van der Waals surface area contributed by atoms with Crippen LogP contribution in [0.4, 0.5) is 0 Å². The maximum atomic E-state index is 13.6. The second-order valence-corrected chi connectivity index (χ2v) is 11.2. The van der Waals surface area contributed by atoms with Gasteiger partial charge in [-0.05, 0) is 28.9 Å². The van der Waals surface area contributed by atoms with Gasteiger partial charge < -0.3 is 14.5 Å². The Hall–Kier alpha value is -4.28. The Bertz CT molecular complexity index is 1570. The van der Waals surface area contributed by atoms with Gasteiger partial charge >= 0.3 is 0 Å². The summed E-state index contributed by atoms with van der Waals surface area (Å²) in [5.74, 6) is 0.648. The smallest absolute Gasteiger partial charge is 0.253 e. The van der Waals surface area contributed by atoms with Gasteiger partial charge in [-0.2, -0.15) is 0 Å². The first-order valence-electron chi connectivity index (χ1n) is 13.1. The molecule has 2 amide bonds. The minimum absolute atomic E-state index is 0.140. The third-order valence-electron chi connectivity index (χ3n) is 6.90. The molecule has 10 heteroatoms. The zero-order chi connectivity index (χ0) is 28.3. The van der Waals surface area contributed by atoms with Crippen molar-refractivity contribution in [2.24, 2.45) is 0 Å². The van der Waals surface area contributed by atoms with Crippen LogP contribution in [-0.4, -0.2) is 49.1 Å². The second-order valence-electron chi connectivity index (χ2n) is 9.68. The normalized spacial score (nSPS) is 18.1. The number of carbonyl (C=O) groups is 2. The van der Waals surface area contributed by atoms with Crippen molar-refractivity contribution in [3.8, 4) is 0 Å². The van der Waals surface area contributed by atoms with Gasteiger partial charge in [-0.15, -0.1) is 22.0 Å². The summed E-state index contributed by atoms with van der Waals surface area (Å²) in [7, 11) is 0. The van der Waals surface area contributed by atoms with Crippen LogP contribution in [0.3, 0.4) is 0 Å². The fourth-order valence-corrected chi connectivity index (χ4v) is 6.59. The van der Waals surface area contributed by atoms with Crippen LogP contribution in [-0.2, 0) is 20.7 Å². The van der Waals surface area contributed by atoms with E-state index in [0.717, 1.165) is 16.7 Å². The Kier molecular flexibility index (Phi) is 7.67. The first kappa shape index (κ1) is 26.9. The number of nitrogens with zero attached hydrogens (tertiary/aromatic N) is 3. The van der Waals surface area contributed by atoms with Crippen LogP contribution >= 0.6 is 24.0 Å². The molecule has 6 rings (SSSR count). The summed E-state index contributed by atoms with van der Waals surface area (Å²) in [6, 6.07) is 28.3. The van der Waals surface area contributed by atoms with Gasteiger partial charge in [0.1, 0.15) is 23.2 Å². The molecule has 2 aliphatic heterocycles. The Labute approximate surface area is 246 Å². The van der Waals surface area contributed by atoms with Crippen molar-refractivity contribution in [2.45, 2.75) is 30.9 Å². The van der Waals surface area contributed by atoms with Crippen molar-refractivity contribution in [1.82, 2.24) is 20.4 Å². The van der Waals surface area contributed by atoms with E-state index in [4.69, 9.17) is 21.4 Å². The van der Waals surface area contributed by atoms with Gasteiger partial charge in [0.15, 0.2) is 0 Å². The van der Waals surface area contributed by atoms with E-state index < -0.39 is 12.1 Å². The summed E-state index contributed by atoms with van der Waals surface area (Å²) >= 11 is 7.41. The lowest BCUT2D eigenvalue weighted by atomic mass is 10.0. The van der Waals surface area contributed by atoms with Crippen LogP contribution in [0.5, 0.6) is 0 Å². The largest absolute Gasteiger partial charge is 0.469 e. The molecule has 2 aliphatic rings. The highest BCUT2D eigenvalue weighted by molar-refractivity contribution is 8.00. The average molecular weight is 583 g/mol. The minimum atomic E-state index is -0.681. The van der Waals surface area contributed by atoms with Crippen molar-refractivity contribution in [2.75, 3.05) is 5.75 Å². The molecule has 0 radical (unpaired) electrons. The van der Waals surface area contributed by atoms with Crippen LogP contribution in [0.15, 0.2) is 101 Å². The van der Waals surface area contributed by atoms with Gasteiger partial charge in [0, 0.05) is 12.7 Å². The lowest BCUT2D eigenvalue weighted by Gasteiger charge is -2.50. The van der Waals surface area contributed by atoms with Gasteiger partial charge in [0.05, 0.1) is 12.0 Å². The number of ether oxygens (including phenoxy) is 1. The van der Waals surface area contributed by atoms with Crippen LogP contribution in [0.1, 0.15) is 34.6 Å². The van der Waals surface area contributed by atoms with E-state index >= 15 is 0 Å². The topological polar surface area (TPSA) is 97.6 Å². The molecule has 2 atom stereocenters. The number of aryl methyl sites for hydroxylation is 1. The zero-order valence-corrected chi connectivity index (χ0v) is 23.7. The molecular weight excluding hydrogens is 556 g/mol. The van der Waals surface area contributed by atoms with E-state index in [2.05, 4.69) is 15.5 Å². The van der Waals surface area contributed by atoms with Crippen LogP contribution in [0.2, 0.25) is 0 Å². The van der Waals surface area contributed by atoms with Crippen molar-refractivity contribution >= 4 is 46.4 Å². The maximum Gasteiger partial charge on any atom is 0.253 e. The summed E-state index contributed by atoms with van der Waals surface area (Å²) in [5, 5.41) is 10.9. The van der Waals surface area contributed by atoms with Crippen LogP contribution in [0, 0.1) is 6.92 Å². The maximum absolute atomic E-state index is 13.6. The predicted molar refractivity (Wildman–Crippen MR) is 160 cm³/mol. The zero-order valence-electron chi connectivity index (χ0n) is 22.1. The number of benzene rings is 3. The van der Waals surface area contributed by atoms with E-state index in [-0.39, 0.29) is 34.6 Å². The fraction of sp³-hybridized carbons (Fsp3) is 0.194. The highest BCUT2D eigenvalue weighted by Crippen LogP contribution is 2.44. The van der Waals surface area contributed by atoms with Crippen molar-refractivity contribution < 1.29 is 18.7 Å². The summed E-state index contributed by atoms with van der Waals surface area (Å²) in [6.07, 6.45) is -0.317. The number of hydrogen-bond acceptors (Lipinski definition) is 8. The molecule has 1 aromatic heterocycles. The van der Waals surface area contributed by atoms with Crippen LogP contribution in [0.25, 0.3) is 5.57 Å². The highest BCUT2D eigenvalue weighted by atomic mass is 32.2. The van der Waals surface area contributed by atoms with Gasteiger partial charge in [-0.3, -0.25) is 14.5 Å². The van der Waals surface area contributed by atoms with Crippen LogP contribution < -0.4 is 5.32 Å². The number of thioether (sulfide) groups is 1. The first-order valence-corrected chi connectivity index (χ1v) is 14.6. The Morgan fingerprint density at radius 1 is 1.02 bits per heavy atom. The summed E-state index contributed by atoms with van der Waals surface area (Å²) in [5.41, 5.74) is 3.75. The van der Waals surface area contributed by atoms with Gasteiger partial charge in [0.25, 0.3) is 5.91 Å². The Morgan fingerprint density at radius 2 is 1.63 bits per heavy atom. The minimum Gasteiger partial charge on any atom is -0.469 e. The molecule has 1 saturated heterocycles. The Balaban J connectivity index is 1.30. The molecule has 41 heavy (non-hydrogen) atoms. The molecule has 206 valence electrons. The number of β-lactam (4-membered cyclic amide) rings is 1. The van der Waals surface area contributed by atoms with E-state index in [1.807, 2.05) is 91.0 Å². The number of fused-ring (bicyclic) bond motifs is 1.